The largest absolute Gasteiger partial charge is 0.310 e. The fourth-order valence-electron chi connectivity index (χ4n) is 1.40. The molecule has 0 amide bonds. The molecule has 1 heterocycles. The second-order valence-electron chi connectivity index (χ2n) is 4.27. The van der Waals surface area contributed by atoms with Crippen LogP contribution in [0.1, 0.15) is 56.6 Å². The van der Waals surface area contributed by atoms with Crippen molar-refractivity contribution in [2.24, 2.45) is 0 Å². The normalized spacial score (nSPS) is 11.4. The minimum Gasteiger partial charge on any atom is -0.310 e. The molecule has 0 saturated heterocycles. The van der Waals surface area contributed by atoms with Crippen LogP contribution in [0.25, 0.3) is 0 Å². The van der Waals surface area contributed by atoms with E-state index in [9.17, 15) is 4.79 Å². The number of aromatic amines is 1. The first kappa shape index (κ1) is 11.0. The second-order valence-corrected chi connectivity index (χ2v) is 4.27. The molecule has 0 bridgehead atoms. The molecule has 0 aliphatic carbocycles. The molecule has 3 heteroatoms. The van der Waals surface area contributed by atoms with Crippen LogP contribution in [-0.2, 0) is 0 Å². The lowest BCUT2D eigenvalue weighted by Gasteiger charge is -2.11. The molecule has 1 N–H and O–H groups in total. The lowest BCUT2D eigenvalue weighted by Crippen LogP contribution is -2.19. The number of hydrogen-bond acceptors (Lipinski definition) is 2. The molecule has 1 aromatic heterocycles. The van der Waals surface area contributed by atoms with Crippen LogP contribution >= 0.6 is 0 Å². The van der Waals surface area contributed by atoms with Crippen LogP contribution in [-0.4, -0.2) is 9.97 Å². The van der Waals surface area contributed by atoms with Gasteiger partial charge in [-0.3, -0.25) is 4.79 Å². The minimum atomic E-state index is -0.00704. The van der Waals surface area contributed by atoms with Crippen molar-refractivity contribution >= 4 is 0 Å². The molecule has 0 atom stereocenters. The van der Waals surface area contributed by atoms with E-state index in [-0.39, 0.29) is 11.5 Å². The standard InChI is InChI=1S/C11H18N2O/c1-6(2)9-8(5)11(14)13-10(12-9)7(3)4/h6-7H,1-5H3,(H,12,13,14). The van der Waals surface area contributed by atoms with E-state index in [1.165, 1.54) is 0 Å². The molecule has 0 aliphatic heterocycles. The van der Waals surface area contributed by atoms with Crippen LogP contribution in [0.3, 0.4) is 0 Å². The number of rotatable bonds is 2. The first-order valence-electron chi connectivity index (χ1n) is 5.04. The molecule has 0 radical (unpaired) electrons. The maximum Gasteiger partial charge on any atom is 0.254 e. The van der Waals surface area contributed by atoms with Crippen LogP contribution in [0.15, 0.2) is 4.79 Å². The maximum atomic E-state index is 11.6. The highest BCUT2D eigenvalue weighted by molar-refractivity contribution is 5.19. The van der Waals surface area contributed by atoms with Gasteiger partial charge in [0.05, 0.1) is 5.69 Å². The fourth-order valence-corrected chi connectivity index (χ4v) is 1.40. The predicted molar refractivity (Wildman–Crippen MR) is 57.8 cm³/mol. The van der Waals surface area contributed by atoms with E-state index in [2.05, 4.69) is 23.8 Å². The molecule has 3 nitrogen and oxygen atoms in total. The molecule has 0 spiro atoms. The topological polar surface area (TPSA) is 45.8 Å². The fraction of sp³-hybridized carbons (Fsp3) is 0.636. The molecular formula is C11H18N2O. The molecule has 78 valence electrons. The van der Waals surface area contributed by atoms with Gasteiger partial charge in [-0.1, -0.05) is 27.7 Å². The number of aromatic nitrogens is 2. The van der Waals surface area contributed by atoms with E-state index >= 15 is 0 Å². The van der Waals surface area contributed by atoms with Crippen molar-refractivity contribution in [1.82, 2.24) is 9.97 Å². The Morgan fingerprint density at radius 3 is 2.14 bits per heavy atom. The van der Waals surface area contributed by atoms with Gasteiger partial charge in [0, 0.05) is 11.5 Å². The summed E-state index contributed by atoms with van der Waals surface area (Å²) >= 11 is 0. The number of nitrogens with one attached hydrogen (secondary N) is 1. The Bertz CT molecular complexity index is 377. The summed E-state index contributed by atoms with van der Waals surface area (Å²) in [5.74, 6) is 1.35. The Labute approximate surface area is 84.6 Å². The van der Waals surface area contributed by atoms with Crippen molar-refractivity contribution in [2.75, 3.05) is 0 Å². The van der Waals surface area contributed by atoms with Crippen molar-refractivity contribution in [3.63, 3.8) is 0 Å². The van der Waals surface area contributed by atoms with Crippen molar-refractivity contribution in [1.29, 1.82) is 0 Å². The quantitative estimate of drug-likeness (QED) is 0.785. The highest BCUT2D eigenvalue weighted by Gasteiger charge is 2.12. The summed E-state index contributed by atoms with van der Waals surface area (Å²) in [6.07, 6.45) is 0. The van der Waals surface area contributed by atoms with Gasteiger partial charge in [0.2, 0.25) is 0 Å². The van der Waals surface area contributed by atoms with Crippen LogP contribution < -0.4 is 5.56 Å². The predicted octanol–water partition coefficient (Wildman–Crippen LogP) is 2.33. The third kappa shape index (κ3) is 2.03. The first-order chi connectivity index (χ1) is 6.43. The zero-order valence-corrected chi connectivity index (χ0v) is 9.51. The molecule has 0 saturated carbocycles. The van der Waals surface area contributed by atoms with Gasteiger partial charge in [0.15, 0.2) is 0 Å². The van der Waals surface area contributed by atoms with Gasteiger partial charge in [-0.25, -0.2) is 4.98 Å². The zero-order valence-electron chi connectivity index (χ0n) is 9.51. The lowest BCUT2D eigenvalue weighted by molar-refractivity contribution is 0.713. The summed E-state index contributed by atoms with van der Waals surface area (Å²) in [6, 6.07) is 0. The Kier molecular flexibility index (Phi) is 3.09. The van der Waals surface area contributed by atoms with Gasteiger partial charge in [0.1, 0.15) is 5.82 Å². The SMILES string of the molecule is Cc1c(C(C)C)nc(C(C)C)[nH]c1=O. The molecule has 0 unspecified atom stereocenters. The van der Waals surface area contributed by atoms with Crippen molar-refractivity contribution < 1.29 is 0 Å². The summed E-state index contributed by atoms with van der Waals surface area (Å²) in [7, 11) is 0. The number of H-pyrrole nitrogens is 1. The molecule has 14 heavy (non-hydrogen) atoms. The monoisotopic (exact) mass is 194 g/mol. The molecule has 1 rings (SSSR count). The molecule has 0 aliphatic rings. The second kappa shape index (κ2) is 3.95. The number of hydrogen-bond donors (Lipinski definition) is 1. The third-order valence-corrected chi connectivity index (χ3v) is 2.30. The maximum absolute atomic E-state index is 11.6. The van der Waals surface area contributed by atoms with Gasteiger partial charge < -0.3 is 4.98 Å². The van der Waals surface area contributed by atoms with Gasteiger partial charge in [-0.15, -0.1) is 0 Å². The van der Waals surface area contributed by atoms with Gasteiger partial charge >= 0.3 is 0 Å². The van der Waals surface area contributed by atoms with Crippen molar-refractivity contribution in [3.8, 4) is 0 Å². The molecular weight excluding hydrogens is 176 g/mol. The summed E-state index contributed by atoms with van der Waals surface area (Å²) in [4.78, 5) is 18.9. The van der Waals surface area contributed by atoms with Crippen molar-refractivity contribution in [2.45, 2.75) is 46.5 Å². The van der Waals surface area contributed by atoms with Gasteiger partial charge in [-0.2, -0.15) is 0 Å². The summed E-state index contributed by atoms with van der Waals surface area (Å²) in [5, 5.41) is 0. The first-order valence-corrected chi connectivity index (χ1v) is 5.04. The highest BCUT2D eigenvalue weighted by atomic mass is 16.1. The van der Waals surface area contributed by atoms with Crippen LogP contribution in [0.2, 0.25) is 0 Å². The van der Waals surface area contributed by atoms with Crippen LogP contribution in [0.5, 0.6) is 0 Å². The molecule has 1 aromatic rings. The van der Waals surface area contributed by atoms with E-state index in [4.69, 9.17) is 0 Å². The average Bonchev–Trinajstić information content (AvgIpc) is 2.08. The van der Waals surface area contributed by atoms with Gasteiger partial charge in [-0.05, 0) is 12.8 Å². The summed E-state index contributed by atoms with van der Waals surface area (Å²) in [6.45, 7) is 9.98. The van der Waals surface area contributed by atoms with E-state index in [1.807, 2.05) is 20.8 Å². The molecule has 0 fully saturated rings. The zero-order chi connectivity index (χ0) is 10.9. The highest BCUT2D eigenvalue weighted by Crippen LogP contribution is 2.15. The Balaban J connectivity index is 3.36. The third-order valence-electron chi connectivity index (χ3n) is 2.30. The lowest BCUT2D eigenvalue weighted by atomic mass is 10.1. The van der Waals surface area contributed by atoms with E-state index < -0.39 is 0 Å². The molecule has 0 aromatic carbocycles. The van der Waals surface area contributed by atoms with E-state index in [0.29, 0.717) is 5.92 Å². The Hall–Kier alpha value is -1.12. The van der Waals surface area contributed by atoms with E-state index in [1.54, 1.807) is 0 Å². The van der Waals surface area contributed by atoms with E-state index in [0.717, 1.165) is 17.1 Å². The van der Waals surface area contributed by atoms with Crippen LogP contribution in [0, 0.1) is 6.92 Å². The Morgan fingerprint density at radius 1 is 1.14 bits per heavy atom. The summed E-state index contributed by atoms with van der Waals surface area (Å²) in [5.41, 5.74) is 1.65. The van der Waals surface area contributed by atoms with Gasteiger partial charge in [0.25, 0.3) is 5.56 Å². The Morgan fingerprint density at radius 2 is 1.71 bits per heavy atom. The summed E-state index contributed by atoms with van der Waals surface area (Å²) < 4.78 is 0. The smallest absolute Gasteiger partial charge is 0.254 e. The van der Waals surface area contributed by atoms with Crippen LogP contribution in [0.4, 0.5) is 0 Å². The number of nitrogens with zero attached hydrogens (tertiary/aromatic N) is 1. The minimum absolute atomic E-state index is 0.00704. The van der Waals surface area contributed by atoms with Crippen molar-refractivity contribution in [3.05, 3.63) is 27.4 Å². The average molecular weight is 194 g/mol.